The molecule has 1 fully saturated rings. The number of pyridine rings is 2. The predicted molar refractivity (Wildman–Crippen MR) is 122 cm³/mol. The molecule has 0 unspecified atom stereocenters. The fourth-order valence-corrected chi connectivity index (χ4v) is 3.54. The van der Waals surface area contributed by atoms with Gasteiger partial charge in [0.2, 0.25) is 5.88 Å². The minimum absolute atomic E-state index is 0.121. The van der Waals surface area contributed by atoms with E-state index in [1.807, 2.05) is 42.2 Å². The normalized spacial score (nSPS) is 14.1. The van der Waals surface area contributed by atoms with Gasteiger partial charge in [-0.15, -0.1) is 0 Å². The second-order valence-corrected chi connectivity index (χ2v) is 7.69. The molecule has 8 nitrogen and oxygen atoms in total. The number of ether oxygens (including phenoxy) is 2. The first-order valence-corrected chi connectivity index (χ1v) is 10.6. The number of anilines is 1. The van der Waals surface area contributed by atoms with Crippen LogP contribution in [-0.2, 0) is 6.54 Å². The summed E-state index contributed by atoms with van der Waals surface area (Å²) < 4.78 is 11.2. The van der Waals surface area contributed by atoms with E-state index < -0.39 is 0 Å². The van der Waals surface area contributed by atoms with Crippen molar-refractivity contribution in [3.63, 3.8) is 0 Å². The predicted octanol–water partition coefficient (Wildman–Crippen LogP) is 3.94. The van der Waals surface area contributed by atoms with Gasteiger partial charge in [0.25, 0.3) is 0 Å². The van der Waals surface area contributed by atoms with Crippen molar-refractivity contribution in [1.82, 2.24) is 19.8 Å². The summed E-state index contributed by atoms with van der Waals surface area (Å²) in [6, 6.07) is 13.1. The zero-order valence-corrected chi connectivity index (χ0v) is 18.3. The van der Waals surface area contributed by atoms with E-state index >= 15 is 0 Å². The van der Waals surface area contributed by atoms with Gasteiger partial charge in [0.1, 0.15) is 0 Å². The third-order valence-electron chi connectivity index (χ3n) is 5.34. The van der Waals surface area contributed by atoms with Crippen LogP contribution < -0.4 is 14.8 Å². The highest BCUT2D eigenvalue weighted by Crippen LogP contribution is 2.31. The summed E-state index contributed by atoms with van der Waals surface area (Å²) >= 11 is 0. The molecule has 1 saturated heterocycles. The molecule has 4 rings (SSSR count). The topological polar surface area (TPSA) is 79.8 Å². The second-order valence-electron chi connectivity index (χ2n) is 7.69. The highest BCUT2D eigenvalue weighted by molar-refractivity contribution is 5.89. The second kappa shape index (κ2) is 10.1. The quantitative estimate of drug-likeness (QED) is 0.634. The average Bonchev–Trinajstić information content (AvgIpc) is 2.82. The summed E-state index contributed by atoms with van der Waals surface area (Å²) in [6.45, 7) is 5.88. The third kappa shape index (κ3) is 5.53. The van der Waals surface area contributed by atoms with Crippen LogP contribution in [0.5, 0.6) is 17.4 Å². The molecule has 0 bridgehead atoms. The monoisotopic (exact) mass is 433 g/mol. The van der Waals surface area contributed by atoms with E-state index in [0.29, 0.717) is 36.2 Å². The Hall–Kier alpha value is -3.65. The number of rotatable bonds is 6. The molecule has 1 aliphatic heterocycles. The number of carbonyl (C=O) groups is 1. The standard InChI is InChI=1S/C24H27N5O3/c1-18-3-5-21(22(15-18)31-2)32-23-6-4-20(16-26-23)27-24(30)29-13-11-28(12-14-29)17-19-7-9-25-10-8-19/h3-10,15-16H,11-14,17H2,1-2H3,(H,27,30). The Morgan fingerprint density at radius 3 is 2.50 bits per heavy atom. The fraction of sp³-hybridized carbons (Fsp3) is 0.292. The molecule has 1 aliphatic rings. The number of nitrogens with zero attached hydrogens (tertiary/aromatic N) is 4. The molecule has 1 N–H and O–H groups in total. The average molecular weight is 434 g/mol. The van der Waals surface area contributed by atoms with Crippen molar-refractivity contribution in [2.24, 2.45) is 0 Å². The maximum absolute atomic E-state index is 12.6. The molecule has 32 heavy (non-hydrogen) atoms. The Morgan fingerprint density at radius 2 is 1.81 bits per heavy atom. The third-order valence-corrected chi connectivity index (χ3v) is 5.34. The van der Waals surface area contributed by atoms with Crippen LogP contribution in [0, 0.1) is 6.92 Å². The molecule has 166 valence electrons. The van der Waals surface area contributed by atoms with Crippen molar-refractivity contribution in [2.75, 3.05) is 38.6 Å². The Labute approximate surface area is 187 Å². The van der Waals surface area contributed by atoms with Crippen molar-refractivity contribution in [1.29, 1.82) is 0 Å². The lowest BCUT2D eigenvalue weighted by Crippen LogP contribution is -2.49. The van der Waals surface area contributed by atoms with Crippen LogP contribution in [0.2, 0.25) is 0 Å². The summed E-state index contributed by atoms with van der Waals surface area (Å²) in [4.78, 5) is 25.2. The molecule has 3 aromatic rings. The lowest BCUT2D eigenvalue weighted by molar-refractivity contribution is 0.143. The Balaban J connectivity index is 1.28. The van der Waals surface area contributed by atoms with Crippen molar-refractivity contribution in [3.8, 4) is 17.4 Å². The van der Waals surface area contributed by atoms with Gasteiger partial charge >= 0.3 is 6.03 Å². The van der Waals surface area contributed by atoms with Gasteiger partial charge in [0, 0.05) is 51.2 Å². The first-order valence-electron chi connectivity index (χ1n) is 10.6. The zero-order chi connectivity index (χ0) is 22.3. The molecule has 0 spiro atoms. The van der Waals surface area contributed by atoms with Crippen LogP contribution in [0.25, 0.3) is 0 Å². The number of hydrogen-bond donors (Lipinski definition) is 1. The van der Waals surface area contributed by atoms with E-state index in [4.69, 9.17) is 9.47 Å². The highest BCUT2D eigenvalue weighted by atomic mass is 16.5. The Morgan fingerprint density at radius 1 is 1.03 bits per heavy atom. The van der Waals surface area contributed by atoms with Gasteiger partial charge in [0.15, 0.2) is 11.5 Å². The first-order chi connectivity index (χ1) is 15.6. The number of piperazine rings is 1. The molecule has 0 radical (unpaired) electrons. The summed E-state index contributed by atoms with van der Waals surface area (Å²) in [5, 5.41) is 2.91. The van der Waals surface area contributed by atoms with Gasteiger partial charge in [-0.05, 0) is 48.4 Å². The first kappa shape index (κ1) is 21.6. The molecule has 2 aromatic heterocycles. The number of nitrogens with one attached hydrogen (secondary N) is 1. The molecule has 0 atom stereocenters. The van der Waals surface area contributed by atoms with Crippen molar-refractivity contribution < 1.29 is 14.3 Å². The van der Waals surface area contributed by atoms with Crippen LogP contribution in [0.15, 0.2) is 61.1 Å². The molecule has 2 amide bonds. The van der Waals surface area contributed by atoms with Gasteiger partial charge in [-0.3, -0.25) is 9.88 Å². The summed E-state index contributed by atoms with van der Waals surface area (Å²) in [7, 11) is 1.60. The fourth-order valence-electron chi connectivity index (χ4n) is 3.54. The molecule has 1 aromatic carbocycles. The van der Waals surface area contributed by atoms with E-state index in [0.717, 1.165) is 25.2 Å². The summed E-state index contributed by atoms with van der Waals surface area (Å²) in [6.07, 6.45) is 5.20. The lowest BCUT2D eigenvalue weighted by atomic mass is 10.2. The van der Waals surface area contributed by atoms with Crippen LogP contribution in [0.1, 0.15) is 11.1 Å². The highest BCUT2D eigenvalue weighted by Gasteiger charge is 2.21. The van der Waals surface area contributed by atoms with Crippen molar-refractivity contribution in [2.45, 2.75) is 13.5 Å². The summed E-state index contributed by atoms with van der Waals surface area (Å²) in [5.74, 6) is 1.66. The van der Waals surface area contributed by atoms with Crippen LogP contribution in [0.4, 0.5) is 10.5 Å². The van der Waals surface area contributed by atoms with Crippen LogP contribution in [0.3, 0.4) is 0 Å². The summed E-state index contributed by atoms with van der Waals surface area (Å²) in [5.41, 5.74) is 2.94. The number of aromatic nitrogens is 2. The van der Waals surface area contributed by atoms with E-state index in [1.165, 1.54) is 5.56 Å². The Bertz CT molecular complexity index is 1040. The van der Waals surface area contributed by atoms with E-state index in [1.54, 1.807) is 37.8 Å². The van der Waals surface area contributed by atoms with Gasteiger partial charge in [-0.25, -0.2) is 9.78 Å². The number of aryl methyl sites for hydroxylation is 1. The van der Waals surface area contributed by atoms with Gasteiger partial charge in [-0.2, -0.15) is 0 Å². The molecule has 0 aliphatic carbocycles. The smallest absolute Gasteiger partial charge is 0.321 e. The zero-order valence-electron chi connectivity index (χ0n) is 18.3. The molecule has 8 heteroatoms. The lowest BCUT2D eigenvalue weighted by Gasteiger charge is -2.34. The maximum atomic E-state index is 12.6. The number of amides is 2. The van der Waals surface area contributed by atoms with Crippen LogP contribution in [-0.4, -0.2) is 59.1 Å². The van der Waals surface area contributed by atoms with Crippen molar-refractivity contribution in [3.05, 3.63) is 72.2 Å². The number of hydrogen-bond acceptors (Lipinski definition) is 6. The largest absolute Gasteiger partial charge is 0.493 e. The maximum Gasteiger partial charge on any atom is 0.321 e. The number of methoxy groups -OCH3 is 1. The minimum atomic E-state index is -0.121. The Kier molecular flexibility index (Phi) is 6.81. The molecule has 0 saturated carbocycles. The van der Waals surface area contributed by atoms with Gasteiger partial charge < -0.3 is 19.7 Å². The van der Waals surface area contributed by atoms with E-state index in [2.05, 4.69) is 20.2 Å². The molecule has 3 heterocycles. The SMILES string of the molecule is COc1cc(C)ccc1Oc1ccc(NC(=O)N2CCN(Cc3ccncc3)CC2)cn1. The van der Waals surface area contributed by atoms with Crippen LogP contribution >= 0.6 is 0 Å². The molecular weight excluding hydrogens is 406 g/mol. The van der Waals surface area contributed by atoms with Gasteiger partial charge in [0.05, 0.1) is 19.0 Å². The number of benzene rings is 1. The van der Waals surface area contributed by atoms with Crippen molar-refractivity contribution >= 4 is 11.7 Å². The van der Waals surface area contributed by atoms with E-state index in [-0.39, 0.29) is 6.03 Å². The minimum Gasteiger partial charge on any atom is -0.493 e. The number of urea groups is 1. The van der Waals surface area contributed by atoms with E-state index in [9.17, 15) is 4.79 Å². The molecular formula is C24H27N5O3. The number of carbonyl (C=O) groups excluding carboxylic acids is 1. The van der Waals surface area contributed by atoms with Gasteiger partial charge in [-0.1, -0.05) is 6.07 Å².